The van der Waals surface area contributed by atoms with Crippen LogP contribution in [0.2, 0.25) is 0 Å². The van der Waals surface area contributed by atoms with Gasteiger partial charge in [0.1, 0.15) is 0 Å². The monoisotopic (exact) mass is 260 g/mol. The number of hydrogen-bond donors (Lipinski definition) is 0. The van der Waals surface area contributed by atoms with Crippen LogP contribution in [0.5, 0.6) is 0 Å². The van der Waals surface area contributed by atoms with E-state index >= 15 is 0 Å². The third kappa shape index (κ3) is 1.97. The molecule has 0 aliphatic carbocycles. The Labute approximate surface area is 111 Å². The summed E-state index contributed by atoms with van der Waals surface area (Å²) in [4.78, 5) is 25.6. The molecule has 0 fully saturated rings. The Kier molecular flexibility index (Phi) is 3.29. The molecule has 0 radical (unpaired) electrons. The maximum atomic E-state index is 12.2. The van der Waals surface area contributed by atoms with Crippen LogP contribution in [-0.2, 0) is 4.74 Å². The van der Waals surface area contributed by atoms with E-state index in [0.29, 0.717) is 16.8 Å². The molecule has 0 spiro atoms. The van der Waals surface area contributed by atoms with E-state index in [1.807, 2.05) is 24.3 Å². The first-order chi connectivity index (χ1) is 8.99. The molecule has 0 saturated carbocycles. The van der Waals surface area contributed by atoms with E-state index in [1.165, 1.54) is 16.6 Å². The van der Waals surface area contributed by atoms with Crippen LogP contribution in [0.15, 0.2) is 24.3 Å². The number of aromatic nitrogens is 1. The standard InChI is InChI=1S/C14H16N2O3/c1-9-12(13(17)19-4)10-7-5-6-8-11(10)16(9)14(18)15(2)3/h5-8H,1-4H3. The molecule has 5 nitrogen and oxygen atoms in total. The Morgan fingerprint density at radius 2 is 1.84 bits per heavy atom. The summed E-state index contributed by atoms with van der Waals surface area (Å²) in [6.07, 6.45) is 0. The Hall–Kier alpha value is -2.30. The van der Waals surface area contributed by atoms with E-state index in [4.69, 9.17) is 4.74 Å². The van der Waals surface area contributed by atoms with Crippen LogP contribution >= 0.6 is 0 Å². The second-order valence-corrected chi connectivity index (χ2v) is 4.48. The van der Waals surface area contributed by atoms with Gasteiger partial charge in [-0.25, -0.2) is 9.59 Å². The van der Waals surface area contributed by atoms with Crippen molar-refractivity contribution in [2.24, 2.45) is 0 Å². The van der Waals surface area contributed by atoms with Crippen molar-refractivity contribution in [3.8, 4) is 0 Å². The van der Waals surface area contributed by atoms with Gasteiger partial charge in [0.25, 0.3) is 0 Å². The van der Waals surface area contributed by atoms with Crippen LogP contribution < -0.4 is 0 Å². The zero-order chi connectivity index (χ0) is 14.2. The largest absolute Gasteiger partial charge is 0.465 e. The molecule has 1 aromatic heterocycles. The number of para-hydroxylation sites is 1. The predicted molar refractivity (Wildman–Crippen MR) is 72.5 cm³/mol. The van der Waals surface area contributed by atoms with Gasteiger partial charge in [-0.15, -0.1) is 0 Å². The van der Waals surface area contributed by atoms with Crippen LogP contribution in [0.4, 0.5) is 4.79 Å². The van der Waals surface area contributed by atoms with Crippen molar-refractivity contribution in [2.45, 2.75) is 6.92 Å². The fourth-order valence-electron chi connectivity index (χ4n) is 2.17. The second-order valence-electron chi connectivity index (χ2n) is 4.48. The lowest BCUT2D eigenvalue weighted by molar-refractivity contribution is 0.0602. The molecule has 0 N–H and O–H groups in total. The van der Waals surface area contributed by atoms with Crippen LogP contribution in [0.1, 0.15) is 16.1 Å². The molecule has 2 aromatic rings. The Morgan fingerprint density at radius 3 is 2.42 bits per heavy atom. The molecule has 1 aromatic carbocycles. The first-order valence-corrected chi connectivity index (χ1v) is 5.89. The summed E-state index contributed by atoms with van der Waals surface area (Å²) in [5, 5.41) is 0.724. The molecule has 0 saturated heterocycles. The summed E-state index contributed by atoms with van der Waals surface area (Å²) in [6, 6.07) is 7.11. The van der Waals surface area contributed by atoms with Gasteiger partial charge >= 0.3 is 12.0 Å². The van der Waals surface area contributed by atoms with Crippen LogP contribution in [-0.4, -0.2) is 42.7 Å². The average molecular weight is 260 g/mol. The Balaban J connectivity index is 2.82. The van der Waals surface area contributed by atoms with Crippen molar-refractivity contribution in [3.63, 3.8) is 0 Å². The minimum atomic E-state index is -0.431. The summed E-state index contributed by atoms with van der Waals surface area (Å²) in [6.45, 7) is 1.74. The summed E-state index contributed by atoms with van der Waals surface area (Å²) in [5.74, 6) is -0.431. The van der Waals surface area contributed by atoms with Crippen molar-refractivity contribution in [3.05, 3.63) is 35.5 Å². The zero-order valence-corrected chi connectivity index (χ0v) is 11.4. The molecule has 1 heterocycles. The first-order valence-electron chi connectivity index (χ1n) is 5.89. The van der Waals surface area contributed by atoms with E-state index in [1.54, 1.807) is 21.0 Å². The van der Waals surface area contributed by atoms with Gasteiger partial charge in [0.05, 0.1) is 18.2 Å². The molecule has 0 bridgehead atoms. The Bertz CT molecular complexity index is 656. The van der Waals surface area contributed by atoms with Gasteiger partial charge in [0, 0.05) is 25.2 Å². The maximum absolute atomic E-state index is 12.2. The smallest absolute Gasteiger partial charge is 0.340 e. The van der Waals surface area contributed by atoms with E-state index in [-0.39, 0.29) is 6.03 Å². The third-order valence-electron chi connectivity index (χ3n) is 3.07. The molecular formula is C14H16N2O3. The van der Waals surface area contributed by atoms with Gasteiger partial charge in [-0.2, -0.15) is 0 Å². The molecule has 100 valence electrons. The normalized spacial score (nSPS) is 10.5. The summed E-state index contributed by atoms with van der Waals surface area (Å²) < 4.78 is 6.33. The van der Waals surface area contributed by atoms with Gasteiger partial charge in [-0.05, 0) is 13.0 Å². The number of carbonyl (C=O) groups excluding carboxylic acids is 2. The quantitative estimate of drug-likeness (QED) is 0.739. The highest BCUT2D eigenvalue weighted by atomic mass is 16.5. The second kappa shape index (κ2) is 4.76. The number of benzene rings is 1. The van der Waals surface area contributed by atoms with Crippen molar-refractivity contribution < 1.29 is 14.3 Å². The SMILES string of the molecule is COC(=O)c1c(C)n(C(=O)N(C)C)c2ccccc12. The number of carbonyl (C=O) groups is 2. The lowest BCUT2D eigenvalue weighted by atomic mass is 10.1. The fourth-order valence-corrected chi connectivity index (χ4v) is 2.17. The average Bonchev–Trinajstić information content (AvgIpc) is 2.69. The number of methoxy groups -OCH3 is 1. The Morgan fingerprint density at radius 1 is 1.21 bits per heavy atom. The van der Waals surface area contributed by atoms with Gasteiger partial charge in [0.2, 0.25) is 0 Å². The van der Waals surface area contributed by atoms with Crippen LogP contribution in [0, 0.1) is 6.92 Å². The van der Waals surface area contributed by atoms with Crippen molar-refractivity contribution in [1.82, 2.24) is 9.47 Å². The minimum Gasteiger partial charge on any atom is -0.465 e. The molecule has 0 aliphatic rings. The topological polar surface area (TPSA) is 51.5 Å². The van der Waals surface area contributed by atoms with Crippen molar-refractivity contribution in [2.75, 3.05) is 21.2 Å². The molecule has 0 unspecified atom stereocenters. The first kappa shape index (κ1) is 13.1. The summed E-state index contributed by atoms with van der Waals surface area (Å²) in [7, 11) is 4.68. The number of ether oxygens (including phenoxy) is 1. The molecular weight excluding hydrogens is 244 g/mol. The molecule has 0 aliphatic heterocycles. The van der Waals surface area contributed by atoms with Crippen LogP contribution in [0.25, 0.3) is 10.9 Å². The third-order valence-corrected chi connectivity index (χ3v) is 3.07. The lowest BCUT2D eigenvalue weighted by Gasteiger charge is -2.13. The lowest BCUT2D eigenvalue weighted by Crippen LogP contribution is -2.28. The number of amides is 1. The van der Waals surface area contributed by atoms with E-state index in [2.05, 4.69) is 0 Å². The number of nitrogens with zero attached hydrogens (tertiary/aromatic N) is 2. The summed E-state index contributed by atoms with van der Waals surface area (Å²) >= 11 is 0. The van der Waals surface area contributed by atoms with Gasteiger partial charge < -0.3 is 9.64 Å². The molecule has 5 heteroatoms. The van der Waals surface area contributed by atoms with Gasteiger partial charge in [-0.1, -0.05) is 18.2 Å². The maximum Gasteiger partial charge on any atom is 0.340 e. The number of fused-ring (bicyclic) bond motifs is 1. The highest BCUT2D eigenvalue weighted by molar-refractivity contribution is 6.08. The number of rotatable bonds is 1. The van der Waals surface area contributed by atoms with Crippen molar-refractivity contribution >= 4 is 22.9 Å². The highest BCUT2D eigenvalue weighted by Crippen LogP contribution is 2.26. The van der Waals surface area contributed by atoms with Gasteiger partial charge in [-0.3, -0.25) is 4.57 Å². The molecule has 2 rings (SSSR count). The zero-order valence-electron chi connectivity index (χ0n) is 11.4. The van der Waals surface area contributed by atoms with E-state index < -0.39 is 5.97 Å². The molecule has 0 atom stereocenters. The van der Waals surface area contributed by atoms with E-state index in [9.17, 15) is 9.59 Å². The van der Waals surface area contributed by atoms with Gasteiger partial charge in [0.15, 0.2) is 0 Å². The van der Waals surface area contributed by atoms with Crippen LogP contribution in [0.3, 0.4) is 0 Å². The number of esters is 1. The highest BCUT2D eigenvalue weighted by Gasteiger charge is 2.23. The fraction of sp³-hybridized carbons (Fsp3) is 0.286. The van der Waals surface area contributed by atoms with Crippen molar-refractivity contribution in [1.29, 1.82) is 0 Å². The molecule has 1 amide bonds. The summed E-state index contributed by atoms with van der Waals surface area (Å²) in [5.41, 5.74) is 1.74. The minimum absolute atomic E-state index is 0.191. The predicted octanol–water partition coefficient (Wildman–Crippen LogP) is 2.27. The molecule has 19 heavy (non-hydrogen) atoms. The van der Waals surface area contributed by atoms with E-state index in [0.717, 1.165) is 5.39 Å². The number of hydrogen-bond acceptors (Lipinski definition) is 3.